The normalized spacial score (nSPS) is 16.0. The van der Waals surface area contributed by atoms with Crippen molar-refractivity contribution in [1.29, 1.82) is 0 Å². The van der Waals surface area contributed by atoms with Gasteiger partial charge >= 0.3 is 0 Å². The minimum atomic E-state index is -0.262. The Kier molecular flexibility index (Phi) is 7.75. The highest BCUT2D eigenvalue weighted by Crippen LogP contribution is 2.29. The van der Waals surface area contributed by atoms with Gasteiger partial charge in [0.2, 0.25) is 11.8 Å². The van der Waals surface area contributed by atoms with Gasteiger partial charge in [-0.25, -0.2) is 4.68 Å². The highest BCUT2D eigenvalue weighted by Gasteiger charge is 2.29. The molecule has 170 valence electrons. The van der Waals surface area contributed by atoms with E-state index in [-0.39, 0.29) is 35.2 Å². The zero-order chi connectivity index (χ0) is 22.7. The van der Waals surface area contributed by atoms with E-state index in [4.69, 9.17) is 5.10 Å². The Morgan fingerprint density at radius 1 is 1.13 bits per heavy atom. The summed E-state index contributed by atoms with van der Waals surface area (Å²) >= 11 is 0. The maximum atomic E-state index is 13.1. The molecule has 0 spiro atoms. The number of carbonyl (C=O) groups excluding carboxylic acids is 2. The highest BCUT2D eigenvalue weighted by atomic mass is 16.2. The molecule has 6 heteroatoms. The number of nitrogens with zero attached hydrogens (tertiary/aromatic N) is 3. The lowest BCUT2D eigenvalue weighted by Gasteiger charge is -2.30. The number of anilines is 1. The molecule has 1 aromatic heterocycles. The van der Waals surface area contributed by atoms with Gasteiger partial charge in [-0.3, -0.25) is 9.59 Å². The Balaban J connectivity index is 2.18. The van der Waals surface area contributed by atoms with Crippen molar-refractivity contribution in [1.82, 2.24) is 14.7 Å². The Bertz CT molecular complexity index is 731. The first-order valence-electron chi connectivity index (χ1n) is 11.5. The Morgan fingerprint density at radius 2 is 1.73 bits per heavy atom. The van der Waals surface area contributed by atoms with E-state index in [0.29, 0.717) is 18.3 Å². The first-order valence-corrected chi connectivity index (χ1v) is 11.5. The molecule has 1 heterocycles. The van der Waals surface area contributed by atoms with E-state index < -0.39 is 0 Å². The topological polar surface area (TPSA) is 67.2 Å². The maximum absolute atomic E-state index is 13.1. The molecule has 2 amide bonds. The van der Waals surface area contributed by atoms with E-state index >= 15 is 0 Å². The van der Waals surface area contributed by atoms with E-state index in [1.54, 1.807) is 4.90 Å². The molecule has 1 fully saturated rings. The van der Waals surface area contributed by atoms with E-state index in [1.807, 2.05) is 10.7 Å². The summed E-state index contributed by atoms with van der Waals surface area (Å²) in [6.07, 6.45) is 5.32. The minimum Gasteiger partial charge on any atom is -0.333 e. The number of aromatic nitrogens is 2. The number of hydrogen-bond acceptors (Lipinski definition) is 3. The van der Waals surface area contributed by atoms with Gasteiger partial charge in [-0.2, -0.15) is 5.10 Å². The number of nitrogens with one attached hydrogen (secondary N) is 1. The summed E-state index contributed by atoms with van der Waals surface area (Å²) in [6.45, 7) is 17.4. The molecule has 0 aromatic carbocycles. The standard InChI is InChI=1S/C24H42N4O2/c1-17(2)15-27(22(30)18-12-10-9-11-13-18)16-21(29)25-20-14-19(23(3,4)5)26-28(20)24(6,7)8/h14,17-18H,9-13,15-16H2,1-8H3,(H,25,29). The molecular weight excluding hydrogens is 376 g/mol. The molecular formula is C24H42N4O2. The molecule has 0 bridgehead atoms. The van der Waals surface area contributed by atoms with Crippen LogP contribution >= 0.6 is 0 Å². The largest absolute Gasteiger partial charge is 0.333 e. The van der Waals surface area contributed by atoms with Crippen LogP contribution in [0.5, 0.6) is 0 Å². The molecule has 1 N–H and O–H groups in total. The fourth-order valence-corrected chi connectivity index (χ4v) is 3.98. The van der Waals surface area contributed by atoms with Crippen LogP contribution in [-0.4, -0.2) is 39.6 Å². The summed E-state index contributed by atoms with van der Waals surface area (Å²) in [4.78, 5) is 27.9. The summed E-state index contributed by atoms with van der Waals surface area (Å²) in [7, 11) is 0. The molecule has 0 atom stereocenters. The van der Waals surface area contributed by atoms with Crippen molar-refractivity contribution < 1.29 is 9.59 Å². The predicted molar refractivity (Wildman–Crippen MR) is 123 cm³/mol. The van der Waals surface area contributed by atoms with Crippen LogP contribution in [0.25, 0.3) is 0 Å². The van der Waals surface area contributed by atoms with Gasteiger partial charge in [0.1, 0.15) is 5.82 Å². The molecule has 0 saturated heterocycles. The third-order valence-electron chi connectivity index (χ3n) is 5.57. The molecule has 1 saturated carbocycles. The molecule has 1 aliphatic rings. The molecule has 0 aliphatic heterocycles. The summed E-state index contributed by atoms with van der Waals surface area (Å²) < 4.78 is 1.88. The molecule has 1 aromatic rings. The van der Waals surface area contributed by atoms with E-state index in [2.05, 4.69) is 60.7 Å². The van der Waals surface area contributed by atoms with Gasteiger partial charge in [-0.05, 0) is 39.5 Å². The number of rotatable bonds is 6. The SMILES string of the molecule is CC(C)CN(CC(=O)Nc1cc(C(C)(C)C)nn1C(C)(C)C)C(=O)C1CCCCC1. The summed E-state index contributed by atoms with van der Waals surface area (Å²) in [5, 5.41) is 7.80. The van der Waals surface area contributed by atoms with Crippen molar-refractivity contribution in [3.05, 3.63) is 11.8 Å². The predicted octanol–water partition coefficient (Wildman–Crippen LogP) is 4.94. The van der Waals surface area contributed by atoms with Crippen molar-refractivity contribution in [2.24, 2.45) is 11.8 Å². The second-order valence-corrected chi connectivity index (χ2v) is 11.2. The minimum absolute atomic E-state index is 0.0675. The van der Waals surface area contributed by atoms with Gasteiger partial charge in [-0.15, -0.1) is 0 Å². The van der Waals surface area contributed by atoms with E-state index in [9.17, 15) is 9.59 Å². The Morgan fingerprint density at radius 3 is 2.23 bits per heavy atom. The number of hydrogen-bond donors (Lipinski definition) is 1. The summed E-state index contributed by atoms with van der Waals surface area (Å²) in [6, 6.07) is 1.96. The number of amides is 2. The molecule has 0 radical (unpaired) electrons. The van der Waals surface area contributed by atoms with Gasteiger partial charge in [0.15, 0.2) is 0 Å². The fraction of sp³-hybridized carbons (Fsp3) is 0.792. The third-order valence-corrected chi connectivity index (χ3v) is 5.57. The summed E-state index contributed by atoms with van der Waals surface area (Å²) in [5.41, 5.74) is 0.558. The fourth-order valence-electron chi connectivity index (χ4n) is 3.98. The van der Waals surface area contributed by atoms with Crippen LogP contribution in [-0.2, 0) is 20.5 Å². The number of carbonyl (C=O) groups is 2. The molecule has 6 nitrogen and oxygen atoms in total. The van der Waals surface area contributed by atoms with Gasteiger partial charge in [0.25, 0.3) is 0 Å². The third kappa shape index (κ3) is 6.58. The quantitative estimate of drug-likeness (QED) is 0.711. The average molecular weight is 419 g/mol. The van der Waals surface area contributed by atoms with Gasteiger partial charge in [0, 0.05) is 23.9 Å². The van der Waals surface area contributed by atoms with Crippen LogP contribution in [0.4, 0.5) is 5.82 Å². The van der Waals surface area contributed by atoms with Gasteiger partial charge in [-0.1, -0.05) is 53.9 Å². The smallest absolute Gasteiger partial charge is 0.245 e. The van der Waals surface area contributed by atoms with Crippen molar-refractivity contribution >= 4 is 17.6 Å². The van der Waals surface area contributed by atoms with E-state index in [1.165, 1.54) is 6.42 Å². The van der Waals surface area contributed by atoms with Crippen LogP contribution in [0.2, 0.25) is 0 Å². The van der Waals surface area contributed by atoms with Gasteiger partial charge < -0.3 is 10.2 Å². The first-order chi connectivity index (χ1) is 13.8. The average Bonchev–Trinajstić information content (AvgIpc) is 3.05. The lowest BCUT2D eigenvalue weighted by Crippen LogP contribution is -2.44. The lowest BCUT2D eigenvalue weighted by atomic mass is 9.88. The van der Waals surface area contributed by atoms with Crippen molar-refractivity contribution in [3.63, 3.8) is 0 Å². The van der Waals surface area contributed by atoms with Crippen LogP contribution in [0.15, 0.2) is 6.07 Å². The van der Waals surface area contributed by atoms with Crippen LogP contribution in [0.3, 0.4) is 0 Å². The van der Waals surface area contributed by atoms with Crippen molar-refractivity contribution in [3.8, 4) is 0 Å². The molecule has 0 unspecified atom stereocenters. The van der Waals surface area contributed by atoms with Crippen LogP contribution in [0.1, 0.15) is 93.2 Å². The zero-order valence-corrected chi connectivity index (χ0v) is 20.3. The zero-order valence-electron chi connectivity index (χ0n) is 20.3. The molecule has 30 heavy (non-hydrogen) atoms. The Labute approximate surface area is 182 Å². The highest BCUT2D eigenvalue weighted by molar-refractivity contribution is 5.94. The second kappa shape index (κ2) is 9.52. The van der Waals surface area contributed by atoms with Crippen molar-refractivity contribution in [2.75, 3.05) is 18.4 Å². The Hall–Kier alpha value is -1.85. The lowest BCUT2D eigenvalue weighted by molar-refractivity contribution is -0.139. The van der Waals surface area contributed by atoms with E-state index in [0.717, 1.165) is 31.4 Å². The molecule has 1 aliphatic carbocycles. The first kappa shape index (κ1) is 24.4. The second-order valence-electron chi connectivity index (χ2n) is 11.2. The van der Waals surface area contributed by atoms with Gasteiger partial charge in [0.05, 0.1) is 17.8 Å². The summed E-state index contributed by atoms with van der Waals surface area (Å²) in [5.74, 6) is 1.05. The van der Waals surface area contributed by atoms with Crippen molar-refractivity contribution in [2.45, 2.75) is 98.4 Å². The maximum Gasteiger partial charge on any atom is 0.245 e. The van der Waals surface area contributed by atoms with Crippen LogP contribution in [0, 0.1) is 11.8 Å². The monoisotopic (exact) mass is 418 g/mol. The molecule has 2 rings (SSSR count). The van der Waals surface area contributed by atoms with Crippen LogP contribution < -0.4 is 5.32 Å².